The number of hydrogen-bond donors (Lipinski definition) is 1. The molecule has 0 radical (unpaired) electrons. The van der Waals surface area contributed by atoms with E-state index in [1.54, 1.807) is 25.7 Å². The summed E-state index contributed by atoms with van der Waals surface area (Å²) in [5, 5.41) is 18.7. The van der Waals surface area contributed by atoms with Crippen LogP contribution in [0.1, 0.15) is 38.3 Å². The van der Waals surface area contributed by atoms with Crippen LogP contribution in [0, 0.1) is 11.3 Å². The number of hydrogen-bond acceptors (Lipinski definition) is 3. The van der Waals surface area contributed by atoms with E-state index in [4.69, 9.17) is 0 Å². The molecule has 1 amide bonds. The molecule has 2 rings (SSSR count). The first kappa shape index (κ1) is 18.9. The molecule has 1 saturated heterocycles. The summed E-state index contributed by atoms with van der Waals surface area (Å²) in [5.74, 6) is 0. The Morgan fingerprint density at radius 2 is 2.00 bits per heavy atom. The van der Waals surface area contributed by atoms with Gasteiger partial charge in [-0.25, -0.2) is 4.79 Å². The average molecular weight is 355 g/mol. The van der Waals surface area contributed by atoms with Crippen molar-refractivity contribution in [1.29, 1.82) is 5.26 Å². The number of carboxylic acid groups (broad SMARTS) is 1. The Morgan fingerprint density at radius 3 is 2.48 bits per heavy atom. The van der Waals surface area contributed by atoms with E-state index in [1.165, 1.54) is 4.90 Å². The first-order valence-corrected chi connectivity index (χ1v) is 7.83. The molecule has 0 saturated carbocycles. The van der Waals surface area contributed by atoms with Gasteiger partial charge in [-0.3, -0.25) is 4.90 Å². The maximum absolute atomic E-state index is 13.0. The van der Waals surface area contributed by atoms with Gasteiger partial charge >= 0.3 is 12.3 Å². The molecule has 136 valence electrons. The van der Waals surface area contributed by atoms with E-state index in [1.807, 2.05) is 6.07 Å². The lowest BCUT2D eigenvalue weighted by molar-refractivity contribution is -0.137. The van der Waals surface area contributed by atoms with Crippen molar-refractivity contribution in [3.05, 3.63) is 29.3 Å². The molecule has 0 spiro atoms. The summed E-state index contributed by atoms with van der Waals surface area (Å²) in [6.45, 7) is 5.96. The second-order valence-electron chi connectivity index (χ2n) is 7.05. The number of benzene rings is 1. The lowest BCUT2D eigenvalue weighted by Gasteiger charge is -2.38. The van der Waals surface area contributed by atoms with E-state index >= 15 is 0 Å². The number of alkyl halides is 3. The standard InChI is InChI=1S/C17H20F3N3O2/c1-16(2,3)23(15(24)25)13-6-7-22(10-13)14-8-12(17(18,19)20)5-4-11(14)9-21/h4-5,8,13H,6-7,10H2,1-3H3,(H,24,25)/t13-/m0/s1. The summed E-state index contributed by atoms with van der Waals surface area (Å²) in [6, 6.07) is 4.56. The van der Waals surface area contributed by atoms with Crippen LogP contribution in [0.2, 0.25) is 0 Å². The summed E-state index contributed by atoms with van der Waals surface area (Å²) < 4.78 is 38.9. The zero-order valence-corrected chi connectivity index (χ0v) is 14.3. The van der Waals surface area contributed by atoms with Gasteiger partial charge in [-0.15, -0.1) is 0 Å². The normalized spacial score (nSPS) is 18.1. The first-order chi connectivity index (χ1) is 11.4. The molecule has 1 fully saturated rings. The van der Waals surface area contributed by atoms with Gasteiger partial charge in [-0.2, -0.15) is 18.4 Å². The van der Waals surface area contributed by atoms with Gasteiger partial charge in [0.1, 0.15) is 6.07 Å². The van der Waals surface area contributed by atoms with Crippen molar-refractivity contribution in [3.8, 4) is 6.07 Å². The number of nitrogens with zero attached hydrogens (tertiary/aromatic N) is 3. The lowest BCUT2D eigenvalue weighted by Crippen LogP contribution is -2.52. The lowest BCUT2D eigenvalue weighted by atomic mass is 10.0. The van der Waals surface area contributed by atoms with Crippen molar-refractivity contribution >= 4 is 11.8 Å². The maximum atomic E-state index is 13.0. The predicted octanol–water partition coefficient (Wildman–Crippen LogP) is 3.93. The molecule has 0 bridgehead atoms. The van der Waals surface area contributed by atoms with Crippen LogP contribution in [0.25, 0.3) is 0 Å². The highest BCUT2D eigenvalue weighted by Crippen LogP contribution is 2.35. The van der Waals surface area contributed by atoms with Crippen molar-refractivity contribution in [2.75, 3.05) is 18.0 Å². The third-order valence-corrected chi connectivity index (χ3v) is 4.24. The Hall–Kier alpha value is -2.43. The molecule has 1 aliphatic heterocycles. The van der Waals surface area contributed by atoms with Crippen LogP contribution in [0.3, 0.4) is 0 Å². The van der Waals surface area contributed by atoms with Crippen LogP contribution < -0.4 is 4.90 Å². The van der Waals surface area contributed by atoms with Gasteiger partial charge in [0.25, 0.3) is 0 Å². The molecule has 1 aromatic carbocycles. The predicted molar refractivity (Wildman–Crippen MR) is 86.4 cm³/mol. The Balaban J connectivity index is 2.33. The van der Waals surface area contributed by atoms with Crippen LogP contribution in [0.4, 0.5) is 23.7 Å². The van der Waals surface area contributed by atoms with Crippen LogP contribution in [0.5, 0.6) is 0 Å². The summed E-state index contributed by atoms with van der Waals surface area (Å²) >= 11 is 0. The van der Waals surface area contributed by atoms with Gasteiger partial charge in [0.2, 0.25) is 0 Å². The summed E-state index contributed by atoms with van der Waals surface area (Å²) in [7, 11) is 0. The van der Waals surface area contributed by atoms with Crippen molar-refractivity contribution in [2.45, 2.75) is 44.9 Å². The van der Waals surface area contributed by atoms with E-state index < -0.39 is 23.4 Å². The Morgan fingerprint density at radius 1 is 1.36 bits per heavy atom. The van der Waals surface area contributed by atoms with Gasteiger partial charge in [0.15, 0.2) is 0 Å². The SMILES string of the molecule is CC(C)(C)N(C(=O)O)[C@H]1CCN(c2cc(C(F)(F)F)ccc2C#N)C1. The van der Waals surface area contributed by atoms with Gasteiger partial charge in [-0.1, -0.05) is 0 Å². The summed E-state index contributed by atoms with van der Waals surface area (Å²) in [5.41, 5.74) is -1.11. The van der Waals surface area contributed by atoms with Gasteiger partial charge in [0.05, 0.1) is 22.9 Å². The molecule has 25 heavy (non-hydrogen) atoms. The minimum Gasteiger partial charge on any atom is -0.465 e. The average Bonchev–Trinajstić information content (AvgIpc) is 2.92. The monoisotopic (exact) mass is 355 g/mol. The van der Waals surface area contributed by atoms with E-state index in [9.17, 15) is 28.3 Å². The van der Waals surface area contributed by atoms with Crippen LogP contribution in [0.15, 0.2) is 18.2 Å². The fourth-order valence-corrected chi connectivity index (χ4v) is 3.23. The third-order valence-electron chi connectivity index (χ3n) is 4.24. The van der Waals surface area contributed by atoms with Gasteiger partial charge in [-0.05, 0) is 45.4 Å². The van der Waals surface area contributed by atoms with E-state index in [0.29, 0.717) is 13.0 Å². The van der Waals surface area contributed by atoms with E-state index in [0.717, 1.165) is 18.2 Å². The Kier molecular flexibility index (Phi) is 4.89. The quantitative estimate of drug-likeness (QED) is 0.873. The van der Waals surface area contributed by atoms with E-state index in [-0.39, 0.29) is 23.8 Å². The minimum atomic E-state index is -4.50. The molecule has 0 aliphatic carbocycles. The van der Waals surface area contributed by atoms with Crippen molar-refractivity contribution < 1.29 is 23.1 Å². The largest absolute Gasteiger partial charge is 0.465 e. The molecular formula is C17H20F3N3O2. The smallest absolute Gasteiger partial charge is 0.416 e. The molecule has 1 heterocycles. The van der Waals surface area contributed by atoms with Crippen molar-refractivity contribution in [2.24, 2.45) is 0 Å². The van der Waals surface area contributed by atoms with Crippen molar-refractivity contribution in [3.63, 3.8) is 0 Å². The highest BCUT2D eigenvalue weighted by molar-refractivity contribution is 5.67. The zero-order chi connectivity index (χ0) is 19.0. The highest BCUT2D eigenvalue weighted by atomic mass is 19.4. The molecule has 8 heteroatoms. The molecule has 0 unspecified atom stereocenters. The number of amides is 1. The number of halogens is 3. The first-order valence-electron chi connectivity index (χ1n) is 7.83. The van der Waals surface area contributed by atoms with Crippen LogP contribution in [-0.2, 0) is 6.18 Å². The summed E-state index contributed by atoms with van der Waals surface area (Å²) in [4.78, 5) is 14.6. The Labute approximate surface area is 144 Å². The molecular weight excluding hydrogens is 335 g/mol. The third kappa shape index (κ3) is 3.98. The molecule has 1 aromatic rings. The second-order valence-corrected chi connectivity index (χ2v) is 7.05. The van der Waals surface area contributed by atoms with Crippen LogP contribution >= 0.6 is 0 Å². The maximum Gasteiger partial charge on any atom is 0.416 e. The number of nitriles is 1. The Bertz CT molecular complexity index is 705. The topological polar surface area (TPSA) is 67.6 Å². The zero-order valence-electron chi connectivity index (χ0n) is 14.3. The fourth-order valence-electron chi connectivity index (χ4n) is 3.23. The number of rotatable bonds is 2. The molecule has 0 aromatic heterocycles. The summed E-state index contributed by atoms with van der Waals surface area (Å²) in [6.07, 6.45) is -5.07. The molecule has 1 N–H and O–H groups in total. The van der Waals surface area contributed by atoms with Gasteiger partial charge in [0, 0.05) is 18.6 Å². The van der Waals surface area contributed by atoms with E-state index in [2.05, 4.69) is 0 Å². The van der Waals surface area contributed by atoms with Crippen molar-refractivity contribution in [1.82, 2.24) is 4.90 Å². The second kappa shape index (κ2) is 6.47. The molecule has 5 nitrogen and oxygen atoms in total. The number of anilines is 1. The molecule has 1 aliphatic rings. The minimum absolute atomic E-state index is 0.145. The van der Waals surface area contributed by atoms with Gasteiger partial charge < -0.3 is 10.0 Å². The molecule has 1 atom stereocenters. The van der Waals surface area contributed by atoms with Crippen LogP contribution in [-0.4, -0.2) is 40.8 Å². The number of carbonyl (C=O) groups is 1. The fraction of sp³-hybridized carbons (Fsp3) is 0.529. The highest BCUT2D eigenvalue weighted by Gasteiger charge is 2.38.